The van der Waals surface area contributed by atoms with Crippen LogP contribution >= 0.6 is 0 Å². The Balaban J connectivity index is 2.80. The summed E-state index contributed by atoms with van der Waals surface area (Å²) in [6.07, 6.45) is 0.786. The summed E-state index contributed by atoms with van der Waals surface area (Å²) < 4.78 is 29.2. The van der Waals surface area contributed by atoms with Gasteiger partial charge in [-0.2, -0.15) is 8.78 Å². The highest BCUT2D eigenvalue weighted by atomic mass is 19.3. The van der Waals surface area contributed by atoms with Gasteiger partial charge in [0.1, 0.15) is 5.75 Å². The molecule has 0 saturated carbocycles. The third-order valence-corrected chi connectivity index (χ3v) is 3.52. The average molecular weight is 300 g/mol. The summed E-state index contributed by atoms with van der Waals surface area (Å²) in [6.45, 7) is 2.64. The maximum Gasteiger partial charge on any atom is 0.387 e. The number of carbonyl (C=O) groups excluding carboxylic acids is 1. The Labute approximate surface area is 123 Å². The van der Waals surface area contributed by atoms with E-state index in [9.17, 15) is 13.6 Å². The van der Waals surface area contributed by atoms with Crippen molar-refractivity contribution in [1.82, 2.24) is 5.32 Å². The second kappa shape index (κ2) is 7.93. The predicted octanol–water partition coefficient (Wildman–Crippen LogP) is 2.84. The normalized spacial score (nSPS) is 15.4. The molecule has 0 spiro atoms. The lowest BCUT2D eigenvalue weighted by atomic mass is 9.98. The second-order valence-corrected chi connectivity index (χ2v) is 5.06. The fourth-order valence-corrected chi connectivity index (χ4v) is 1.94. The summed E-state index contributed by atoms with van der Waals surface area (Å²) in [4.78, 5) is 12.0. The summed E-state index contributed by atoms with van der Waals surface area (Å²) in [5.41, 5.74) is 6.34. The van der Waals surface area contributed by atoms with E-state index in [4.69, 9.17) is 5.73 Å². The Bertz CT molecular complexity index is 469. The van der Waals surface area contributed by atoms with Gasteiger partial charge in [-0.3, -0.25) is 4.79 Å². The summed E-state index contributed by atoms with van der Waals surface area (Å²) >= 11 is 0. The number of nitrogens with two attached hydrogens (primary N) is 1. The zero-order chi connectivity index (χ0) is 16.0. The zero-order valence-electron chi connectivity index (χ0n) is 12.5. The van der Waals surface area contributed by atoms with Crippen molar-refractivity contribution in [1.29, 1.82) is 0 Å². The molecule has 21 heavy (non-hydrogen) atoms. The largest absolute Gasteiger partial charge is 0.434 e. The Morgan fingerprint density at radius 2 is 1.95 bits per heavy atom. The summed E-state index contributed by atoms with van der Waals surface area (Å²) in [6, 6.07) is 5.28. The van der Waals surface area contributed by atoms with Crippen molar-refractivity contribution in [3.63, 3.8) is 0 Å². The Morgan fingerprint density at radius 3 is 2.52 bits per heavy atom. The number of halogens is 2. The lowest BCUT2D eigenvalue weighted by molar-refractivity contribution is -0.124. The molecule has 0 saturated heterocycles. The molecule has 1 amide bonds. The molecule has 1 aromatic carbocycles. The van der Waals surface area contributed by atoms with Crippen LogP contribution in [-0.4, -0.2) is 18.6 Å². The Morgan fingerprint density at radius 1 is 1.33 bits per heavy atom. The number of rotatable bonds is 7. The van der Waals surface area contributed by atoms with Gasteiger partial charge in [0, 0.05) is 5.56 Å². The van der Waals surface area contributed by atoms with Crippen molar-refractivity contribution < 1.29 is 18.3 Å². The number of amides is 1. The Hall–Kier alpha value is -1.69. The molecule has 6 heteroatoms. The molecular formula is C15H22F2N2O2. The molecule has 0 fully saturated rings. The molecule has 1 unspecified atom stereocenters. The fraction of sp³-hybridized carbons (Fsp3) is 0.533. The van der Waals surface area contributed by atoms with Crippen molar-refractivity contribution in [3.05, 3.63) is 29.8 Å². The molecule has 3 N–H and O–H groups in total. The van der Waals surface area contributed by atoms with E-state index >= 15 is 0 Å². The van der Waals surface area contributed by atoms with Crippen molar-refractivity contribution >= 4 is 5.91 Å². The molecule has 1 rings (SSSR count). The van der Waals surface area contributed by atoms with Gasteiger partial charge in [-0.05, 0) is 18.9 Å². The van der Waals surface area contributed by atoms with Crippen LogP contribution in [-0.2, 0) is 4.79 Å². The van der Waals surface area contributed by atoms with Gasteiger partial charge in [-0.1, -0.05) is 38.5 Å². The first-order chi connectivity index (χ1) is 9.86. The molecule has 0 radical (unpaired) electrons. The monoisotopic (exact) mass is 300 g/mol. The summed E-state index contributed by atoms with van der Waals surface area (Å²) in [5, 5.41) is 2.74. The van der Waals surface area contributed by atoms with Crippen LogP contribution in [0.1, 0.15) is 38.8 Å². The van der Waals surface area contributed by atoms with E-state index in [1.165, 1.54) is 6.07 Å². The van der Waals surface area contributed by atoms with Crippen molar-refractivity contribution in [2.24, 2.45) is 11.7 Å². The lowest BCUT2D eigenvalue weighted by Gasteiger charge is -2.22. The molecule has 0 bridgehead atoms. The van der Waals surface area contributed by atoms with Crippen LogP contribution in [0.2, 0.25) is 0 Å². The minimum Gasteiger partial charge on any atom is -0.434 e. The third kappa shape index (κ3) is 4.97. The summed E-state index contributed by atoms with van der Waals surface area (Å²) in [5.74, 6) is -0.203. The highest BCUT2D eigenvalue weighted by Gasteiger charge is 2.22. The predicted molar refractivity (Wildman–Crippen MR) is 77.1 cm³/mol. The van der Waals surface area contributed by atoms with Crippen LogP contribution in [0.15, 0.2) is 24.3 Å². The molecule has 118 valence electrons. The van der Waals surface area contributed by atoms with Crippen LogP contribution < -0.4 is 15.8 Å². The van der Waals surface area contributed by atoms with Gasteiger partial charge in [0.15, 0.2) is 0 Å². The average Bonchev–Trinajstić information content (AvgIpc) is 2.45. The van der Waals surface area contributed by atoms with E-state index < -0.39 is 18.7 Å². The van der Waals surface area contributed by atoms with Gasteiger partial charge in [-0.25, -0.2) is 0 Å². The van der Waals surface area contributed by atoms with E-state index in [-0.39, 0.29) is 17.6 Å². The van der Waals surface area contributed by atoms with Crippen molar-refractivity contribution in [2.75, 3.05) is 0 Å². The van der Waals surface area contributed by atoms with Crippen LogP contribution in [0.25, 0.3) is 0 Å². The van der Waals surface area contributed by atoms with E-state index in [2.05, 4.69) is 10.1 Å². The van der Waals surface area contributed by atoms with Crippen LogP contribution in [0, 0.1) is 5.92 Å². The molecule has 0 aromatic heterocycles. The number of carbonyl (C=O) groups is 1. The van der Waals surface area contributed by atoms with E-state index in [1.54, 1.807) is 25.1 Å². The minimum absolute atomic E-state index is 0.0461. The Kier molecular flexibility index (Phi) is 6.55. The van der Waals surface area contributed by atoms with Gasteiger partial charge in [-0.15, -0.1) is 0 Å². The fourth-order valence-electron chi connectivity index (χ4n) is 1.94. The molecule has 3 atom stereocenters. The SMILES string of the molecule is CC[C@H](C)[C@H](N)C(=O)NC(C)c1ccccc1OC(F)F. The molecular weight excluding hydrogens is 278 g/mol. The van der Waals surface area contributed by atoms with Gasteiger partial charge in [0.25, 0.3) is 0 Å². The maximum absolute atomic E-state index is 12.4. The van der Waals surface area contributed by atoms with E-state index in [0.29, 0.717) is 5.56 Å². The number of nitrogens with one attached hydrogen (secondary N) is 1. The lowest BCUT2D eigenvalue weighted by Crippen LogP contribution is -2.45. The first-order valence-electron chi connectivity index (χ1n) is 6.96. The van der Waals surface area contributed by atoms with Gasteiger partial charge < -0.3 is 15.8 Å². The van der Waals surface area contributed by atoms with Gasteiger partial charge in [0.05, 0.1) is 12.1 Å². The highest BCUT2D eigenvalue weighted by molar-refractivity contribution is 5.82. The molecule has 0 aliphatic heterocycles. The molecule has 0 aliphatic carbocycles. The van der Waals surface area contributed by atoms with Crippen LogP contribution in [0.4, 0.5) is 8.78 Å². The van der Waals surface area contributed by atoms with Crippen LogP contribution in [0.3, 0.4) is 0 Å². The molecule has 4 nitrogen and oxygen atoms in total. The maximum atomic E-state index is 12.4. The van der Waals surface area contributed by atoms with Crippen molar-refractivity contribution in [3.8, 4) is 5.75 Å². The minimum atomic E-state index is -2.91. The molecule has 0 aliphatic rings. The smallest absolute Gasteiger partial charge is 0.387 e. The number of ether oxygens (including phenoxy) is 1. The molecule has 0 heterocycles. The number of alkyl halides is 2. The van der Waals surface area contributed by atoms with Gasteiger partial charge >= 0.3 is 6.61 Å². The quantitative estimate of drug-likeness (QED) is 0.814. The van der Waals surface area contributed by atoms with E-state index in [0.717, 1.165) is 6.42 Å². The topological polar surface area (TPSA) is 64.4 Å². The van der Waals surface area contributed by atoms with Gasteiger partial charge in [0.2, 0.25) is 5.91 Å². The standard InChI is InChI=1S/C15H22F2N2O2/c1-4-9(2)13(18)14(20)19-10(3)11-7-5-6-8-12(11)21-15(16)17/h5-10,13,15H,4,18H2,1-3H3,(H,19,20)/t9-,10?,13-/m0/s1. The van der Waals surface area contributed by atoms with Crippen molar-refractivity contribution in [2.45, 2.75) is 45.9 Å². The first-order valence-corrected chi connectivity index (χ1v) is 6.96. The first kappa shape index (κ1) is 17.4. The zero-order valence-corrected chi connectivity index (χ0v) is 12.5. The number of hydrogen-bond acceptors (Lipinski definition) is 3. The van der Waals surface area contributed by atoms with E-state index in [1.807, 2.05) is 13.8 Å². The molecule has 1 aromatic rings. The van der Waals surface area contributed by atoms with Crippen LogP contribution in [0.5, 0.6) is 5.75 Å². The highest BCUT2D eigenvalue weighted by Crippen LogP contribution is 2.26. The summed E-state index contributed by atoms with van der Waals surface area (Å²) in [7, 11) is 0. The number of hydrogen-bond donors (Lipinski definition) is 2. The number of benzene rings is 1. The second-order valence-electron chi connectivity index (χ2n) is 5.06. The number of para-hydroxylation sites is 1. The third-order valence-electron chi connectivity index (χ3n) is 3.52.